The lowest BCUT2D eigenvalue weighted by molar-refractivity contribution is -0.691. The molecule has 0 aromatic heterocycles. The molecule has 0 bridgehead atoms. The average Bonchev–Trinajstić information content (AvgIpc) is 2.54. The molecule has 0 saturated heterocycles. The first-order valence-electron chi connectivity index (χ1n) is 7.22. The van der Waals surface area contributed by atoms with E-state index in [1.807, 2.05) is 60.7 Å². The molecule has 122 valence electrons. The van der Waals surface area contributed by atoms with E-state index >= 15 is 0 Å². The van der Waals surface area contributed by atoms with Gasteiger partial charge in [-0.2, -0.15) is 0 Å². The van der Waals surface area contributed by atoms with Crippen LogP contribution >= 0.6 is 34.8 Å². The van der Waals surface area contributed by atoms with Gasteiger partial charge in [-0.1, -0.05) is 95.5 Å². The summed E-state index contributed by atoms with van der Waals surface area (Å²) in [6, 6.07) is 18.5. The number of hydrogen-bond donors (Lipinski definition) is 2. The van der Waals surface area contributed by atoms with Crippen LogP contribution in [0.2, 0.25) is 0 Å². The van der Waals surface area contributed by atoms with E-state index in [2.05, 4.69) is 5.32 Å². The fourth-order valence-corrected chi connectivity index (χ4v) is 2.72. The van der Waals surface area contributed by atoms with Crippen molar-refractivity contribution in [1.82, 2.24) is 5.32 Å². The van der Waals surface area contributed by atoms with Crippen molar-refractivity contribution in [1.29, 1.82) is 0 Å². The number of nitrogens with one attached hydrogen (secondary N) is 1. The lowest BCUT2D eigenvalue weighted by Gasteiger charge is -2.21. The first-order valence-corrected chi connectivity index (χ1v) is 8.36. The average molecular weight is 373 g/mol. The van der Waals surface area contributed by atoms with Crippen molar-refractivity contribution >= 4 is 40.7 Å². The number of quaternary nitrogens is 1. The number of nitrogens with two attached hydrogens (primary N) is 1. The highest BCUT2D eigenvalue weighted by Crippen LogP contribution is 2.28. The molecule has 1 atom stereocenters. The number of alkyl halides is 3. The maximum absolute atomic E-state index is 12.4. The Hall–Kier alpha value is -1.26. The minimum Gasteiger partial charge on any atom is -0.347 e. The number of halogens is 3. The van der Waals surface area contributed by atoms with Crippen LogP contribution in [0.15, 0.2) is 60.7 Å². The zero-order valence-electron chi connectivity index (χ0n) is 12.4. The third-order valence-corrected chi connectivity index (χ3v) is 4.08. The van der Waals surface area contributed by atoms with Crippen molar-refractivity contribution in [3.8, 4) is 0 Å². The first kappa shape index (κ1) is 18.1. The highest BCUT2D eigenvalue weighted by atomic mass is 35.6. The molecule has 2 aromatic rings. The Morgan fingerprint density at radius 2 is 1.48 bits per heavy atom. The summed E-state index contributed by atoms with van der Waals surface area (Å²) in [4.78, 5) is 12.4. The van der Waals surface area contributed by atoms with Crippen LogP contribution in [0.4, 0.5) is 0 Å². The highest BCUT2D eigenvalue weighted by Gasteiger charge is 2.41. The second-order valence-electron chi connectivity index (χ2n) is 5.15. The van der Waals surface area contributed by atoms with Gasteiger partial charge in [0.15, 0.2) is 0 Å². The number of amides is 1. The number of benzene rings is 2. The normalized spacial score (nSPS) is 12.7. The lowest BCUT2D eigenvalue weighted by Crippen LogP contribution is -2.94. The van der Waals surface area contributed by atoms with Crippen LogP contribution < -0.4 is 10.6 Å². The number of carbonyl (C=O) groups is 1. The van der Waals surface area contributed by atoms with Crippen molar-refractivity contribution in [2.24, 2.45) is 0 Å². The first-order chi connectivity index (χ1) is 11.0. The summed E-state index contributed by atoms with van der Waals surface area (Å²) in [6.45, 7) is 0.953. The Morgan fingerprint density at radius 1 is 0.957 bits per heavy atom. The third-order valence-electron chi connectivity index (χ3n) is 3.38. The predicted octanol–water partition coefficient (Wildman–Crippen LogP) is 2.81. The molecule has 0 saturated carbocycles. The summed E-state index contributed by atoms with van der Waals surface area (Å²) in [6.07, 6.45) is 0. The molecule has 0 fully saturated rings. The molecule has 3 N–H and O–H groups in total. The topological polar surface area (TPSA) is 45.7 Å². The molecule has 1 amide bonds. The van der Waals surface area contributed by atoms with Crippen molar-refractivity contribution in [3.05, 3.63) is 71.8 Å². The summed E-state index contributed by atoms with van der Waals surface area (Å²) >= 11 is 17.9. The molecule has 0 unspecified atom stereocenters. The summed E-state index contributed by atoms with van der Waals surface area (Å²) in [5.74, 6) is -0.301. The van der Waals surface area contributed by atoms with E-state index in [-0.39, 0.29) is 5.91 Å². The molecule has 0 heterocycles. The predicted molar refractivity (Wildman–Crippen MR) is 94.4 cm³/mol. The molecule has 0 spiro atoms. The van der Waals surface area contributed by atoms with Gasteiger partial charge >= 0.3 is 0 Å². The van der Waals surface area contributed by atoms with Gasteiger partial charge in [0.25, 0.3) is 9.70 Å². The Balaban J connectivity index is 1.96. The molecule has 0 aliphatic carbocycles. The molecule has 2 aromatic carbocycles. The van der Waals surface area contributed by atoms with Gasteiger partial charge in [0, 0.05) is 12.1 Å². The van der Waals surface area contributed by atoms with Gasteiger partial charge in [0.1, 0.15) is 6.54 Å². The van der Waals surface area contributed by atoms with E-state index in [1.165, 1.54) is 0 Å². The largest absolute Gasteiger partial charge is 0.347 e. The van der Waals surface area contributed by atoms with E-state index in [9.17, 15) is 4.79 Å². The summed E-state index contributed by atoms with van der Waals surface area (Å²) in [5.41, 5.74) is 2.05. The maximum atomic E-state index is 12.4. The Bertz CT molecular complexity index is 615. The van der Waals surface area contributed by atoms with Gasteiger partial charge in [0.05, 0.1) is 0 Å². The molecule has 0 aliphatic heterocycles. The zero-order valence-corrected chi connectivity index (χ0v) is 14.7. The van der Waals surface area contributed by atoms with Gasteiger partial charge in [-0.25, -0.2) is 0 Å². The minimum absolute atomic E-state index is 0.301. The molecule has 2 rings (SSSR count). The number of hydrogen-bond acceptors (Lipinski definition) is 1. The van der Waals surface area contributed by atoms with Crippen LogP contribution in [0.25, 0.3) is 0 Å². The Kier molecular flexibility index (Phi) is 6.72. The smallest absolute Gasteiger partial charge is 0.283 e. The maximum Gasteiger partial charge on any atom is 0.283 e. The van der Waals surface area contributed by atoms with Gasteiger partial charge in [0.2, 0.25) is 6.04 Å². The van der Waals surface area contributed by atoms with Crippen LogP contribution in [0.5, 0.6) is 0 Å². The summed E-state index contributed by atoms with van der Waals surface area (Å²) in [5, 5.41) is 4.56. The number of carbonyl (C=O) groups excluding carboxylic acids is 1. The van der Waals surface area contributed by atoms with Gasteiger partial charge in [-0.05, 0) is 5.56 Å². The SMILES string of the molecule is O=C(NCc1ccccc1)[C@@H]([NH2+]Cc1ccccc1)C(Cl)(Cl)Cl. The van der Waals surface area contributed by atoms with Crippen LogP contribution in [0.3, 0.4) is 0 Å². The fourth-order valence-electron chi connectivity index (χ4n) is 2.15. The molecule has 0 radical (unpaired) electrons. The standard InChI is InChI=1S/C17H17Cl3N2O/c18-17(19,20)15(21-11-13-7-3-1-4-8-13)16(23)22-12-14-9-5-2-6-10-14/h1-10,15,21H,11-12H2,(H,22,23)/p+1/t15-/m1/s1. The van der Waals surface area contributed by atoms with Gasteiger partial charge < -0.3 is 10.6 Å². The monoisotopic (exact) mass is 371 g/mol. The second-order valence-corrected chi connectivity index (χ2v) is 7.52. The van der Waals surface area contributed by atoms with Crippen LogP contribution in [0, 0.1) is 0 Å². The van der Waals surface area contributed by atoms with E-state index in [4.69, 9.17) is 34.8 Å². The molecule has 3 nitrogen and oxygen atoms in total. The fraction of sp³-hybridized carbons (Fsp3) is 0.235. The quantitative estimate of drug-likeness (QED) is 0.753. The minimum atomic E-state index is -1.68. The number of rotatable bonds is 6. The Morgan fingerprint density at radius 3 is 2.00 bits per heavy atom. The molecular weight excluding hydrogens is 355 g/mol. The van der Waals surface area contributed by atoms with E-state index < -0.39 is 9.83 Å². The molecular formula is C17H18Cl3N2O+. The van der Waals surface area contributed by atoms with Crippen molar-refractivity contribution in [3.63, 3.8) is 0 Å². The van der Waals surface area contributed by atoms with Gasteiger partial charge in [-0.3, -0.25) is 4.79 Å². The summed E-state index contributed by atoms with van der Waals surface area (Å²) < 4.78 is -1.68. The second kappa shape index (κ2) is 8.55. The Labute approximate surface area is 150 Å². The van der Waals surface area contributed by atoms with Crippen LogP contribution in [0.1, 0.15) is 11.1 Å². The van der Waals surface area contributed by atoms with E-state index in [0.717, 1.165) is 11.1 Å². The van der Waals surface area contributed by atoms with Crippen LogP contribution in [-0.4, -0.2) is 15.7 Å². The van der Waals surface area contributed by atoms with E-state index in [0.29, 0.717) is 13.1 Å². The summed E-state index contributed by atoms with van der Waals surface area (Å²) in [7, 11) is 0. The zero-order chi connectivity index (χ0) is 16.7. The van der Waals surface area contributed by atoms with Gasteiger partial charge in [-0.15, -0.1) is 0 Å². The third kappa shape index (κ3) is 6.04. The highest BCUT2D eigenvalue weighted by molar-refractivity contribution is 6.68. The van der Waals surface area contributed by atoms with Crippen LogP contribution in [-0.2, 0) is 17.9 Å². The lowest BCUT2D eigenvalue weighted by atomic mass is 10.2. The molecule has 23 heavy (non-hydrogen) atoms. The van der Waals surface area contributed by atoms with Crippen molar-refractivity contribution in [2.45, 2.75) is 22.9 Å². The van der Waals surface area contributed by atoms with Crippen molar-refractivity contribution in [2.75, 3.05) is 0 Å². The molecule has 0 aliphatic rings. The van der Waals surface area contributed by atoms with Crippen molar-refractivity contribution < 1.29 is 10.1 Å². The van der Waals surface area contributed by atoms with E-state index in [1.54, 1.807) is 5.32 Å². The molecule has 6 heteroatoms.